The lowest BCUT2D eigenvalue weighted by molar-refractivity contribution is -0.137. The molecule has 0 radical (unpaired) electrons. The number of likely N-dealkylation sites (N-methyl/N-ethyl adjacent to an activating group) is 1. The minimum absolute atomic E-state index is 0.0721. The topological polar surface area (TPSA) is 109 Å². The predicted octanol–water partition coefficient (Wildman–Crippen LogP) is 0.187. The smallest absolute Gasteiger partial charge is 0.268 e. The Morgan fingerprint density at radius 2 is 2.20 bits per heavy atom. The Bertz CT molecular complexity index is 916. The Balaban J connectivity index is 1.91. The van der Waals surface area contributed by atoms with Crippen LogP contribution in [0.4, 0.5) is 0 Å². The van der Waals surface area contributed by atoms with Crippen LogP contribution in [0, 0.1) is 11.8 Å². The lowest BCUT2D eigenvalue weighted by Crippen LogP contribution is -2.37. The summed E-state index contributed by atoms with van der Waals surface area (Å²) < 4.78 is 0. The maximum absolute atomic E-state index is 11.9. The summed E-state index contributed by atoms with van der Waals surface area (Å²) in [6.07, 6.45) is 3.09. The number of hydrogen-bond acceptors (Lipinski definition) is 5. The van der Waals surface area contributed by atoms with E-state index in [0.29, 0.717) is 23.4 Å². The first-order chi connectivity index (χ1) is 11.9. The zero-order chi connectivity index (χ0) is 18.0. The van der Waals surface area contributed by atoms with Gasteiger partial charge in [-0.2, -0.15) is 0 Å². The van der Waals surface area contributed by atoms with Crippen molar-refractivity contribution in [2.75, 3.05) is 13.6 Å². The molecule has 2 aromatic rings. The third-order valence-electron chi connectivity index (χ3n) is 3.97. The van der Waals surface area contributed by atoms with Crippen LogP contribution in [0.2, 0.25) is 0 Å². The lowest BCUT2D eigenvalue weighted by Gasteiger charge is -2.13. The summed E-state index contributed by atoms with van der Waals surface area (Å²) in [5.74, 6) is 4.46. The zero-order valence-corrected chi connectivity index (χ0v) is 13.6. The minimum Gasteiger partial charge on any atom is -0.369 e. The van der Waals surface area contributed by atoms with Crippen LogP contribution in [0.25, 0.3) is 11.3 Å². The molecule has 1 saturated heterocycles. The van der Waals surface area contributed by atoms with Gasteiger partial charge in [-0.25, -0.2) is 4.98 Å². The standard InChI is InChI=1S/C18H16N4O3/c1-22-8-7-18(25,17(22)24)6-5-12-3-2-4-13(9-12)14-10-20-11-15(21-14)16(19)23/h2-4,9-11,25H,7-8H2,1H3,(H2,19,23)/t18-/m0/s1. The summed E-state index contributed by atoms with van der Waals surface area (Å²) in [5, 5.41) is 10.3. The Labute approximate surface area is 144 Å². The van der Waals surface area contributed by atoms with Crippen molar-refractivity contribution in [3.05, 3.63) is 47.9 Å². The van der Waals surface area contributed by atoms with Crippen molar-refractivity contribution >= 4 is 11.8 Å². The number of amides is 2. The first kappa shape index (κ1) is 16.6. The average Bonchev–Trinajstić information content (AvgIpc) is 2.88. The van der Waals surface area contributed by atoms with Crippen LogP contribution in [0.3, 0.4) is 0 Å². The van der Waals surface area contributed by atoms with E-state index >= 15 is 0 Å². The zero-order valence-electron chi connectivity index (χ0n) is 13.6. The minimum atomic E-state index is -1.64. The van der Waals surface area contributed by atoms with E-state index in [4.69, 9.17) is 5.73 Å². The van der Waals surface area contributed by atoms with E-state index in [1.165, 1.54) is 17.3 Å². The molecular weight excluding hydrogens is 320 g/mol. The molecule has 0 bridgehead atoms. The summed E-state index contributed by atoms with van der Waals surface area (Å²) in [5.41, 5.74) is 5.44. The van der Waals surface area contributed by atoms with Crippen LogP contribution in [0.15, 0.2) is 36.7 Å². The van der Waals surface area contributed by atoms with E-state index in [2.05, 4.69) is 21.8 Å². The highest BCUT2D eigenvalue weighted by Gasteiger charge is 2.42. The molecule has 1 atom stereocenters. The third-order valence-corrected chi connectivity index (χ3v) is 3.97. The Kier molecular flexibility index (Phi) is 4.21. The summed E-state index contributed by atoms with van der Waals surface area (Å²) >= 11 is 0. The first-order valence-corrected chi connectivity index (χ1v) is 7.62. The number of benzene rings is 1. The van der Waals surface area contributed by atoms with Crippen LogP contribution >= 0.6 is 0 Å². The lowest BCUT2D eigenvalue weighted by atomic mass is 10.0. The van der Waals surface area contributed by atoms with Gasteiger partial charge in [-0.1, -0.05) is 24.0 Å². The van der Waals surface area contributed by atoms with E-state index in [9.17, 15) is 14.7 Å². The van der Waals surface area contributed by atoms with Crippen molar-refractivity contribution in [3.63, 3.8) is 0 Å². The molecule has 0 aliphatic carbocycles. The first-order valence-electron chi connectivity index (χ1n) is 7.62. The number of likely N-dealkylation sites (tertiary alicyclic amines) is 1. The van der Waals surface area contributed by atoms with Crippen molar-refractivity contribution in [2.45, 2.75) is 12.0 Å². The van der Waals surface area contributed by atoms with Gasteiger partial charge in [-0.15, -0.1) is 0 Å². The van der Waals surface area contributed by atoms with Gasteiger partial charge in [0.2, 0.25) is 5.60 Å². The second-order valence-corrected chi connectivity index (χ2v) is 5.82. The van der Waals surface area contributed by atoms with Gasteiger partial charge in [0, 0.05) is 31.1 Å². The van der Waals surface area contributed by atoms with E-state index in [1.54, 1.807) is 31.3 Å². The Hall–Kier alpha value is -3.24. The fourth-order valence-electron chi connectivity index (χ4n) is 2.53. The molecule has 25 heavy (non-hydrogen) atoms. The quantitative estimate of drug-likeness (QED) is 0.761. The van der Waals surface area contributed by atoms with Gasteiger partial charge < -0.3 is 15.7 Å². The molecule has 1 fully saturated rings. The van der Waals surface area contributed by atoms with Gasteiger partial charge in [0.05, 0.1) is 18.1 Å². The molecule has 0 spiro atoms. The fourth-order valence-corrected chi connectivity index (χ4v) is 2.53. The number of nitrogens with two attached hydrogens (primary N) is 1. The van der Waals surface area contributed by atoms with E-state index in [0.717, 1.165) is 0 Å². The SMILES string of the molecule is CN1CC[C@@](O)(C#Cc2cccc(-c3cncc(C(N)=O)n3)c2)C1=O. The highest BCUT2D eigenvalue weighted by molar-refractivity contribution is 5.91. The molecule has 7 nitrogen and oxygen atoms in total. The Morgan fingerprint density at radius 3 is 2.88 bits per heavy atom. The maximum Gasteiger partial charge on any atom is 0.268 e. The van der Waals surface area contributed by atoms with Crippen molar-refractivity contribution in [3.8, 4) is 23.1 Å². The molecule has 0 unspecified atom stereocenters. The molecule has 0 saturated carbocycles. The molecule has 126 valence electrons. The summed E-state index contributed by atoms with van der Waals surface area (Å²) in [4.78, 5) is 32.8. The third kappa shape index (κ3) is 3.34. The number of nitrogens with zero attached hydrogens (tertiary/aromatic N) is 3. The number of carbonyl (C=O) groups excluding carboxylic acids is 2. The molecule has 1 aliphatic heterocycles. The van der Waals surface area contributed by atoms with Gasteiger partial charge >= 0.3 is 0 Å². The largest absolute Gasteiger partial charge is 0.369 e. The second-order valence-electron chi connectivity index (χ2n) is 5.82. The molecule has 1 aromatic carbocycles. The number of rotatable bonds is 2. The molecule has 3 rings (SSSR count). The van der Waals surface area contributed by atoms with Gasteiger partial charge in [-0.3, -0.25) is 14.6 Å². The molecule has 7 heteroatoms. The van der Waals surface area contributed by atoms with Crippen molar-refractivity contribution < 1.29 is 14.7 Å². The van der Waals surface area contributed by atoms with Gasteiger partial charge in [0.15, 0.2) is 0 Å². The highest BCUT2D eigenvalue weighted by atomic mass is 16.3. The van der Waals surface area contributed by atoms with E-state index < -0.39 is 17.4 Å². The van der Waals surface area contributed by atoms with Crippen LogP contribution in [0.1, 0.15) is 22.5 Å². The monoisotopic (exact) mass is 336 g/mol. The number of hydrogen-bond donors (Lipinski definition) is 2. The fraction of sp³-hybridized carbons (Fsp3) is 0.222. The summed E-state index contributed by atoms with van der Waals surface area (Å²) in [6, 6.07) is 7.07. The van der Waals surface area contributed by atoms with Gasteiger partial charge in [-0.05, 0) is 12.1 Å². The average molecular weight is 336 g/mol. The van der Waals surface area contributed by atoms with Crippen LogP contribution in [0.5, 0.6) is 0 Å². The predicted molar refractivity (Wildman–Crippen MR) is 90.1 cm³/mol. The van der Waals surface area contributed by atoms with Crippen LogP contribution in [-0.4, -0.2) is 51.0 Å². The normalized spacial score (nSPS) is 19.4. The number of aromatic nitrogens is 2. The summed E-state index contributed by atoms with van der Waals surface area (Å²) in [7, 11) is 1.63. The van der Waals surface area contributed by atoms with Gasteiger partial charge in [0.25, 0.3) is 11.8 Å². The number of aliphatic hydroxyl groups is 1. The molecular formula is C18H16N4O3. The molecule has 2 amide bonds. The van der Waals surface area contributed by atoms with E-state index in [1.807, 2.05) is 0 Å². The molecule has 2 heterocycles. The highest BCUT2D eigenvalue weighted by Crippen LogP contribution is 2.21. The number of carbonyl (C=O) groups is 2. The number of primary amides is 1. The maximum atomic E-state index is 11.9. The summed E-state index contributed by atoms with van der Waals surface area (Å²) in [6.45, 7) is 0.472. The van der Waals surface area contributed by atoms with Crippen molar-refractivity contribution in [1.82, 2.24) is 14.9 Å². The molecule has 3 N–H and O–H groups in total. The molecule has 1 aliphatic rings. The second kappa shape index (κ2) is 6.34. The molecule has 1 aromatic heterocycles. The van der Waals surface area contributed by atoms with Crippen molar-refractivity contribution in [2.24, 2.45) is 5.73 Å². The van der Waals surface area contributed by atoms with Crippen LogP contribution < -0.4 is 5.73 Å². The van der Waals surface area contributed by atoms with Crippen LogP contribution in [-0.2, 0) is 4.79 Å². The van der Waals surface area contributed by atoms with E-state index in [-0.39, 0.29) is 12.1 Å². The van der Waals surface area contributed by atoms with Gasteiger partial charge in [0.1, 0.15) is 5.69 Å². The van der Waals surface area contributed by atoms with Crippen molar-refractivity contribution in [1.29, 1.82) is 0 Å². The Morgan fingerprint density at radius 1 is 1.40 bits per heavy atom.